The van der Waals surface area contributed by atoms with E-state index in [1.54, 1.807) is 0 Å². The maximum atomic E-state index is 6.25. The van der Waals surface area contributed by atoms with Crippen molar-refractivity contribution in [2.24, 2.45) is 0 Å². The van der Waals surface area contributed by atoms with Crippen molar-refractivity contribution in [2.45, 2.75) is 0 Å². The molecule has 3 heteroatoms. The zero-order valence-electron chi connectivity index (χ0n) is 25.3. The molecular weight excluding hydrogens is 572 g/mol. The second-order valence-electron chi connectivity index (χ2n) is 12.2. The summed E-state index contributed by atoms with van der Waals surface area (Å²) in [7, 11) is 0. The van der Waals surface area contributed by atoms with Crippen LogP contribution in [-0.4, -0.2) is 9.97 Å². The lowest BCUT2D eigenvalue weighted by Gasteiger charge is -2.13. The molecule has 0 bridgehead atoms. The van der Waals surface area contributed by atoms with Crippen LogP contribution in [0.3, 0.4) is 0 Å². The smallest absolute Gasteiger partial charge is 0.136 e. The van der Waals surface area contributed by atoms with Crippen molar-refractivity contribution >= 4 is 65.3 Å². The summed E-state index contributed by atoms with van der Waals surface area (Å²) in [4.78, 5) is 10.3. The third kappa shape index (κ3) is 4.07. The van der Waals surface area contributed by atoms with E-state index in [1.807, 2.05) is 30.3 Å². The van der Waals surface area contributed by atoms with Crippen molar-refractivity contribution in [3.8, 4) is 33.6 Å². The molecule has 10 aromatic rings. The average Bonchev–Trinajstić information content (AvgIpc) is 3.53. The highest BCUT2D eigenvalue weighted by Gasteiger charge is 2.16. The minimum absolute atomic E-state index is 0.917. The number of pyridine rings is 2. The summed E-state index contributed by atoms with van der Waals surface area (Å²) in [5.74, 6) is 0. The van der Waals surface area contributed by atoms with Gasteiger partial charge in [-0.2, -0.15) is 0 Å². The van der Waals surface area contributed by atoms with E-state index in [-0.39, 0.29) is 0 Å². The third-order valence-corrected chi connectivity index (χ3v) is 9.44. The largest absolute Gasteiger partial charge is 0.456 e. The quantitative estimate of drug-likeness (QED) is 0.190. The van der Waals surface area contributed by atoms with E-state index in [9.17, 15) is 0 Å². The Morgan fingerprint density at radius 1 is 0.362 bits per heavy atom. The first-order chi connectivity index (χ1) is 23.3. The number of aromatic nitrogens is 2. The Morgan fingerprint density at radius 2 is 0.915 bits per heavy atom. The van der Waals surface area contributed by atoms with Crippen LogP contribution < -0.4 is 0 Å². The fourth-order valence-corrected chi connectivity index (χ4v) is 7.17. The molecule has 0 atom stereocenters. The van der Waals surface area contributed by atoms with Gasteiger partial charge in [0.1, 0.15) is 11.2 Å². The summed E-state index contributed by atoms with van der Waals surface area (Å²) in [5, 5.41) is 9.38. The summed E-state index contributed by atoms with van der Waals surface area (Å²) < 4.78 is 6.25. The molecule has 7 aromatic carbocycles. The molecule has 0 aliphatic heterocycles. The number of hydrogen-bond donors (Lipinski definition) is 0. The van der Waals surface area contributed by atoms with Crippen LogP contribution >= 0.6 is 0 Å². The Balaban J connectivity index is 1.10. The second kappa shape index (κ2) is 10.1. The molecule has 0 saturated heterocycles. The van der Waals surface area contributed by atoms with E-state index in [2.05, 4.69) is 127 Å². The number of fused-ring (bicyclic) bond motifs is 10. The Bertz CT molecular complexity index is 2830. The van der Waals surface area contributed by atoms with Crippen molar-refractivity contribution < 1.29 is 4.42 Å². The number of nitrogens with zero attached hydrogens (tertiary/aromatic N) is 2. The molecular formula is C44H26N2O. The van der Waals surface area contributed by atoms with Crippen LogP contribution in [0, 0.1) is 0 Å². The van der Waals surface area contributed by atoms with Gasteiger partial charge in [0.05, 0.1) is 22.4 Å². The lowest BCUT2D eigenvalue weighted by molar-refractivity contribution is 0.669. The average molecular weight is 599 g/mol. The molecule has 0 saturated carbocycles. The maximum absolute atomic E-state index is 6.25. The topological polar surface area (TPSA) is 38.9 Å². The van der Waals surface area contributed by atoms with Gasteiger partial charge in [-0.15, -0.1) is 0 Å². The third-order valence-electron chi connectivity index (χ3n) is 9.44. The van der Waals surface area contributed by atoms with Gasteiger partial charge >= 0.3 is 0 Å². The van der Waals surface area contributed by atoms with Crippen molar-refractivity contribution in [3.63, 3.8) is 0 Å². The summed E-state index contributed by atoms with van der Waals surface area (Å²) in [6.07, 6.45) is 0. The number of para-hydroxylation sites is 1. The van der Waals surface area contributed by atoms with E-state index in [4.69, 9.17) is 14.4 Å². The van der Waals surface area contributed by atoms with Gasteiger partial charge in [0.25, 0.3) is 0 Å². The maximum Gasteiger partial charge on any atom is 0.136 e. The predicted molar refractivity (Wildman–Crippen MR) is 196 cm³/mol. The van der Waals surface area contributed by atoms with Crippen molar-refractivity contribution in [1.82, 2.24) is 9.97 Å². The van der Waals surface area contributed by atoms with Crippen LogP contribution in [0.4, 0.5) is 0 Å². The van der Waals surface area contributed by atoms with Crippen molar-refractivity contribution in [1.29, 1.82) is 0 Å². The number of hydrogen-bond acceptors (Lipinski definition) is 3. The zero-order chi connectivity index (χ0) is 30.9. The first-order valence-corrected chi connectivity index (χ1v) is 15.9. The van der Waals surface area contributed by atoms with Gasteiger partial charge in [-0.1, -0.05) is 127 Å². The minimum atomic E-state index is 0.917. The van der Waals surface area contributed by atoms with Crippen molar-refractivity contribution in [3.05, 3.63) is 158 Å². The molecule has 3 heterocycles. The zero-order valence-corrected chi connectivity index (χ0v) is 25.3. The van der Waals surface area contributed by atoms with Gasteiger partial charge in [-0.25, -0.2) is 9.97 Å². The second-order valence-corrected chi connectivity index (χ2v) is 12.2. The van der Waals surface area contributed by atoms with E-state index in [0.29, 0.717) is 0 Å². The lowest BCUT2D eigenvalue weighted by Crippen LogP contribution is -1.91. The van der Waals surface area contributed by atoms with Crippen LogP contribution in [0.2, 0.25) is 0 Å². The Kier molecular flexibility index (Phi) is 5.57. The summed E-state index contributed by atoms with van der Waals surface area (Å²) in [6, 6.07) is 55.5. The molecule has 0 spiro atoms. The predicted octanol–water partition coefficient (Wildman–Crippen LogP) is 12.0. The highest BCUT2D eigenvalue weighted by molar-refractivity contribution is 6.28. The number of rotatable bonds is 3. The fourth-order valence-electron chi connectivity index (χ4n) is 7.17. The van der Waals surface area contributed by atoms with Crippen LogP contribution in [0.5, 0.6) is 0 Å². The van der Waals surface area contributed by atoms with E-state index >= 15 is 0 Å². The Morgan fingerprint density at radius 3 is 1.64 bits per heavy atom. The molecule has 0 N–H and O–H groups in total. The SMILES string of the molecule is c1ccc(-c2ccc3ccc4ccc(-c5ccc(-c6cc7ccc8oc9ccccc9c8c7c7ccccc67)cc5)nc4c3n2)cc1. The van der Waals surface area contributed by atoms with Gasteiger partial charge < -0.3 is 4.42 Å². The Labute approximate surface area is 270 Å². The lowest BCUT2D eigenvalue weighted by atomic mass is 9.91. The first-order valence-electron chi connectivity index (χ1n) is 15.9. The van der Waals surface area contributed by atoms with E-state index in [1.165, 1.54) is 38.1 Å². The van der Waals surface area contributed by atoms with Crippen LogP contribution in [0.25, 0.3) is 98.9 Å². The monoisotopic (exact) mass is 598 g/mol. The first kappa shape index (κ1) is 26.0. The number of benzene rings is 7. The van der Waals surface area contributed by atoms with Gasteiger partial charge in [-0.3, -0.25) is 0 Å². The molecule has 47 heavy (non-hydrogen) atoms. The van der Waals surface area contributed by atoms with Crippen LogP contribution in [0.15, 0.2) is 162 Å². The summed E-state index contributed by atoms with van der Waals surface area (Å²) in [6.45, 7) is 0. The van der Waals surface area contributed by atoms with Gasteiger partial charge in [0.15, 0.2) is 0 Å². The normalized spacial score (nSPS) is 11.8. The van der Waals surface area contributed by atoms with Crippen LogP contribution in [0.1, 0.15) is 0 Å². The molecule has 0 amide bonds. The molecule has 0 fully saturated rings. The highest BCUT2D eigenvalue weighted by Crippen LogP contribution is 2.42. The van der Waals surface area contributed by atoms with Crippen molar-refractivity contribution in [2.75, 3.05) is 0 Å². The fraction of sp³-hybridized carbons (Fsp3) is 0. The Hall–Kier alpha value is -6.32. The van der Waals surface area contributed by atoms with Gasteiger partial charge in [0.2, 0.25) is 0 Å². The van der Waals surface area contributed by atoms with Gasteiger partial charge in [-0.05, 0) is 57.6 Å². The van der Waals surface area contributed by atoms with Gasteiger partial charge in [0, 0.05) is 38.1 Å². The van der Waals surface area contributed by atoms with E-state index in [0.717, 1.165) is 60.9 Å². The molecule has 3 aromatic heterocycles. The minimum Gasteiger partial charge on any atom is -0.456 e. The highest BCUT2D eigenvalue weighted by atomic mass is 16.3. The summed E-state index contributed by atoms with van der Waals surface area (Å²) in [5.41, 5.74) is 10.1. The molecule has 3 nitrogen and oxygen atoms in total. The van der Waals surface area contributed by atoms with Crippen LogP contribution in [-0.2, 0) is 0 Å². The molecule has 10 rings (SSSR count). The number of furan rings is 1. The van der Waals surface area contributed by atoms with E-state index < -0.39 is 0 Å². The molecule has 0 aliphatic carbocycles. The molecule has 0 radical (unpaired) electrons. The standard InChI is InChI=1S/C44H26N2O/c1-2-8-28(9-3-1)37-23-20-30-18-19-31-21-24-38(46-44(31)43(30)45-37)29-16-14-27(15-17-29)36-26-32-22-25-40-42(35-12-6-7-13-39(35)47-40)41(32)34-11-5-4-10-33(34)36/h1-26H. The summed E-state index contributed by atoms with van der Waals surface area (Å²) >= 11 is 0. The molecule has 0 unspecified atom stereocenters. The molecule has 218 valence electrons. The molecule has 0 aliphatic rings.